The average molecular weight is 407 g/mol. The molecule has 154 valence electrons. The van der Waals surface area contributed by atoms with Gasteiger partial charge in [0.2, 0.25) is 0 Å². The first-order valence-corrected chi connectivity index (χ1v) is 10.0. The first kappa shape index (κ1) is 18.7. The number of carbonyl (C=O) groups excluding carboxylic acids is 1. The van der Waals surface area contributed by atoms with E-state index in [2.05, 4.69) is 25.1 Å². The number of piperidine rings is 1. The van der Waals surface area contributed by atoms with E-state index in [4.69, 9.17) is 0 Å². The minimum atomic E-state index is -0.567. The van der Waals surface area contributed by atoms with Gasteiger partial charge in [-0.15, -0.1) is 0 Å². The van der Waals surface area contributed by atoms with Crippen molar-refractivity contribution in [2.45, 2.75) is 26.3 Å². The molecule has 2 aliphatic rings. The molecule has 2 aromatic heterocycles. The third-order valence-corrected chi connectivity index (χ3v) is 6.15. The maximum absolute atomic E-state index is 14.7. The third kappa shape index (κ3) is 3.01. The molecular weight excluding hydrogens is 385 g/mol. The van der Waals surface area contributed by atoms with Crippen LogP contribution in [-0.4, -0.2) is 61.4 Å². The largest absolute Gasteiger partial charge is 0.350 e. The minimum absolute atomic E-state index is 0.00370. The second-order valence-electron chi connectivity index (χ2n) is 7.87. The summed E-state index contributed by atoms with van der Waals surface area (Å²) in [6.45, 7) is 5.92. The van der Waals surface area contributed by atoms with Crippen LogP contribution in [0.3, 0.4) is 0 Å². The van der Waals surface area contributed by atoms with Crippen molar-refractivity contribution < 1.29 is 9.18 Å². The zero-order valence-corrected chi connectivity index (χ0v) is 16.9. The van der Waals surface area contributed by atoms with E-state index in [-0.39, 0.29) is 17.5 Å². The van der Waals surface area contributed by atoms with Crippen LogP contribution in [0.1, 0.15) is 28.2 Å². The third-order valence-electron chi connectivity index (χ3n) is 6.15. The zero-order valence-electron chi connectivity index (χ0n) is 16.9. The summed E-state index contributed by atoms with van der Waals surface area (Å²) in [4.78, 5) is 27.6. The number of amides is 1. The summed E-state index contributed by atoms with van der Waals surface area (Å²) in [5.41, 5.74) is 2.17. The number of hydrogen-bond acceptors (Lipinski definition) is 6. The molecule has 2 fully saturated rings. The molecule has 0 saturated carbocycles. The normalized spacial score (nSPS) is 20.6. The van der Waals surface area contributed by atoms with Gasteiger partial charge in [0.15, 0.2) is 0 Å². The average Bonchev–Trinajstić information content (AvgIpc) is 3.25. The Balaban J connectivity index is 1.40. The fraction of sp³-hybridized carbons (Fsp3) is 0.381. The van der Waals surface area contributed by atoms with E-state index in [0.717, 1.165) is 30.2 Å². The zero-order chi connectivity index (χ0) is 20.8. The highest BCUT2D eigenvalue weighted by atomic mass is 19.1. The number of aromatic nitrogens is 5. The number of aryl methyl sites for hydroxylation is 2. The molecule has 3 aromatic rings. The maximum atomic E-state index is 14.7. The van der Waals surface area contributed by atoms with Crippen molar-refractivity contribution in [1.82, 2.24) is 29.9 Å². The van der Waals surface area contributed by atoms with Crippen LogP contribution in [0.4, 0.5) is 10.2 Å². The lowest BCUT2D eigenvalue weighted by atomic mass is 9.82. The molecular formula is C21H22FN7O. The second kappa shape index (κ2) is 7.16. The van der Waals surface area contributed by atoms with Gasteiger partial charge >= 0.3 is 0 Å². The van der Waals surface area contributed by atoms with E-state index in [1.165, 1.54) is 23.3 Å². The number of carbonyl (C=O) groups is 1. The lowest BCUT2D eigenvalue weighted by Crippen LogP contribution is -2.65. The van der Waals surface area contributed by atoms with Crippen LogP contribution in [0.15, 0.2) is 36.8 Å². The van der Waals surface area contributed by atoms with Gasteiger partial charge in [-0.25, -0.2) is 9.37 Å². The SMILES string of the molecule is Cc1ncc(N2CC3CCN(C(=O)c4c(F)cccc4-n4nccn4)CC32)nc1C. The Morgan fingerprint density at radius 2 is 1.93 bits per heavy atom. The Morgan fingerprint density at radius 3 is 2.70 bits per heavy atom. The van der Waals surface area contributed by atoms with Crippen LogP contribution in [0, 0.1) is 25.6 Å². The summed E-state index contributed by atoms with van der Waals surface area (Å²) in [6, 6.07) is 4.68. The molecule has 2 saturated heterocycles. The molecule has 0 aliphatic carbocycles. The Kier molecular flexibility index (Phi) is 4.45. The number of hydrogen-bond donors (Lipinski definition) is 0. The smallest absolute Gasteiger partial charge is 0.259 e. The van der Waals surface area contributed by atoms with Crippen molar-refractivity contribution in [3.05, 3.63) is 59.6 Å². The quantitative estimate of drug-likeness (QED) is 0.662. The van der Waals surface area contributed by atoms with E-state index >= 15 is 0 Å². The highest BCUT2D eigenvalue weighted by Crippen LogP contribution is 2.36. The van der Waals surface area contributed by atoms with Crippen molar-refractivity contribution in [2.75, 3.05) is 24.5 Å². The molecule has 1 aromatic carbocycles. The van der Waals surface area contributed by atoms with E-state index in [1.807, 2.05) is 13.8 Å². The van der Waals surface area contributed by atoms with Crippen LogP contribution in [0.2, 0.25) is 0 Å². The number of rotatable bonds is 3. The topological polar surface area (TPSA) is 80.0 Å². The van der Waals surface area contributed by atoms with Crippen molar-refractivity contribution >= 4 is 11.7 Å². The number of likely N-dealkylation sites (tertiary alicyclic amines) is 1. The predicted octanol–water partition coefficient (Wildman–Crippen LogP) is 2.16. The summed E-state index contributed by atoms with van der Waals surface area (Å²) in [5, 5.41) is 8.13. The molecule has 30 heavy (non-hydrogen) atoms. The van der Waals surface area contributed by atoms with Gasteiger partial charge in [0, 0.05) is 25.6 Å². The molecule has 0 N–H and O–H groups in total. The van der Waals surface area contributed by atoms with Gasteiger partial charge in [-0.2, -0.15) is 15.0 Å². The lowest BCUT2D eigenvalue weighted by molar-refractivity contribution is 0.0586. The van der Waals surface area contributed by atoms with Crippen LogP contribution in [0.25, 0.3) is 5.69 Å². The molecule has 9 heteroatoms. The van der Waals surface area contributed by atoms with Crippen LogP contribution < -0.4 is 4.90 Å². The van der Waals surface area contributed by atoms with E-state index in [0.29, 0.717) is 24.7 Å². The Morgan fingerprint density at radius 1 is 1.13 bits per heavy atom. The van der Waals surface area contributed by atoms with E-state index in [9.17, 15) is 9.18 Å². The highest BCUT2D eigenvalue weighted by Gasteiger charge is 2.45. The highest BCUT2D eigenvalue weighted by molar-refractivity contribution is 5.98. The van der Waals surface area contributed by atoms with E-state index in [1.54, 1.807) is 23.2 Å². The van der Waals surface area contributed by atoms with Crippen molar-refractivity contribution in [1.29, 1.82) is 0 Å². The number of fused-ring (bicyclic) bond motifs is 1. The molecule has 0 radical (unpaired) electrons. The molecule has 5 rings (SSSR count). The number of benzene rings is 1. The van der Waals surface area contributed by atoms with Gasteiger partial charge in [-0.1, -0.05) is 6.07 Å². The molecule has 2 aliphatic heterocycles. The van der Waals surface area contributed by atoms with Gasteiger partial charge < -0.3 is 9.80 Å². The van der Waals surface area contributed by atoms with Crippen molar-refractivity contribution in [2.24, 2.45) is 5.92 Å². The van der Waals surface area contributed by atoms with Crippen molar-refractivity contribution in [3.8, 4) is 5.69 Å². The molecule has 0 bridgehead atoms. The number of halogens is 1. The van der Waals surface area contributed by atoms with Crippen LogP contribution in [-0.2, 0) is 0 Å². The molecule has 1 amide bonds. The van der Waals surface area contributed by atoms with Gasteiger partial charge in [-0.05, 0) is 32.4 Å². The van der Waals surface area contributed by atoms with E-state index < -0.39 is 5.82 Å². The Labute approximate surface area is 173 Å². The Hall–Kier alpha value is -3.36. The van der Waals surface area contributed by atoms with Crippen LogP contribution in [0.5, 0.6) is 0 Å². The van der Waals surface area contributed by atoms with Crippen LogP contribution >= 0.6 is 0 Å². The fourth-order valence-corrected chi connectivity index (χ4v) is 4.30. The standard InChI is InChI=1S/C21H22FN7O/c1-13-14(2)26-19(10-23-13)28-11-15-6-9-27(12-18(15)28)21(30)20-16(22)4-3-5-17(20)29-24-7-8-25-29/h3-5,7-8,10,15,18H,6,9,11-12H2,1-2H3. The molecule has 2 atom stereocenters. The lowest BCUT2D eigenvalue weighted by Gasteiger charge is -2.54. The van der Waals surface area contributed by atoms with Gasteiger partial charge in [0.05, 0.1) is 36.0 Å². The monoisotopic (exact) mass is 407 g/mol. The summed E-state index contributed by atoms with van der Waals surface area (Å²) in [5.74, 6) is 0.436. The van der Waals surface area contributed by atoms with Gasteiger partial charge in [-0.3, -0.25) is 9.78 Å². The first-order chi connectivity index (χ1) is 14.5. The fourth-order valence-electron chi connectivity index (χ4n) is 4.30. The maximum Gasteiger partial charge on any atom is 0.259 e. The van der Waals surface area contributed by atoms with Gasteiger partial charge in [0.1, 0.15) is 22.9 Å². The number of nitrogens with zero attached hydrogens (tertiary/aromatic N) is 7. The molecule has 8 nitrogen and oxygen atoms in total. The summed E-state index contributed by atoms with van der Waals surface area (Å²) in [7, 11) is 0. The molecule has 4 heterocycles. The molecule has 2 unspecified atom stereocenters. The van der Waals surface area contributed by atoms with Crippen molar-refractivity contribution in [3.63, 3.8) is 0 Å². The Bertz CT molecular complexity index is 1100. The van der Waals surface area contributed by atoms with Gasteiger partial charge in [0.25, 0.3) is 5.91 Å². The second-order valence-corrected chi connectivity index (χ2v) is 7.87. The summed E-state index contributed by atoms with van der Waals surface area (Å²) in [6.07, 6.45) is 5.68. The molecule has 0 spiro atoms. The predicted molar refractivity (Wildman–Crippen MR) is 108 cm³/mol. The minimum Gasteiger partial charge on any atom is -0.350 e. The summed E-state index contributed by atoms with van der Waals surface area (Å²) >= 11 is 0. The first-order valence-electron chi connectivity index (χ1n) is 10.0. The summed E-state index contributed by atoms with van der Waals surface area (Å²) < 4.78 is 14.7. The number of anilines is 1.